The van der Waals surface area contributed by atoms with Gasteiger partial charge >= 0.3 is 0 Å². The third-order valence-electron chi connectivity index (χ3n) is 2.42. The van der Waals surface area contributed by atoms with Crippen molar-refractivity contribution in [2.45, 2.75) is 19.8 Å². The molecule has 1 heterocycles. The second-order valence-electron chi connectivity index (χ2n) is 3.88. The highest BCUT2D eigenvalue weighted by atomic mass is 19.1. The zero-order valence-corrected chi connectivity index (χ0v) is 8.66. The summed E-state index contributed by atoms with van der Waals surface area (Å²) < 4.78 is 13.6. The minimum absolute atomic E-state index is 0.0669. The maximum Gasteiger partial charge on any atom is 0.145 e. The fourth-order valence-electron chi connectivity index (χ4n) is 1.76. The Balaban J connectivity index is 2.84. The molecule has 0 atom stereocenters. The quantitative estimate of drug-likeness (QED) is 0.775. The zero-order valence-electron chi connectivity index (χ0n) is 8.66. The number of phenols is 1. The van der Waals surface area contributed by atoms with Crippen LogP contribution in [-0.2, 0) is 0 Å². The number of nitrogens with zero attached hydrogens (tertiary/aromatic N) is 1. The maximum absolute atomic E-state index is 13.6. The van der Waals surface area contributed by atoms with Crippen LogP contribution in [0.25, 0.3) is 10.9 Å². The molecule has 78 valence electrons. The number of halogens is 1. The van der Waals surface area contributed by atoms with Gasteiger partial charge in [0.2, 0.25) is 0 Å². The van der Waals surface area contributed by atoms with E-state index < -0.39 is 0 Å². The highest BCUT2D eigenvalue weighted by Crippen LogP contribution is 2.28. The summed E-state index contributed by atoms with van der Waals surface area (Å²) in [6.45, 7) is 3.84. The predicted molar refractivity (Wildman–Crippen MR) is 57.5 cm³/mol. The molecule has 1 N–H and O–H groups in total. The molecule has 0 aliphatic rings. The van der Waals surface area contributed by atoms with Crippen molar-refractivity contribution < 1.29 is 9.50 Å². The lowest BCUT2D eigenvalue weighted by atomic mass is 9.98. The lowest BCUT2D eigenvalue weighted by molar-refractivity contribution is 0.476. The number of hydrogen-bond donors (Lipinski definition) is 1. The standard InChI is InChI=1S/C12H12FNO/c1-7(2)12-9-5-8(15)3-4-11(9)14-6-10(12)13/h3-7,15H,1-2H3. The largest absolute Gasteiger partial charge is 0.508 e. The monoisotopic (exact) mass is 205 g/mol. The van der Waals surface area contributed by atoms with Gasteiger partial charge in [0.15, 0.2) is 0 Å². The molecule has 0 fully saturated rings. The fourth-order valence-corrected chi connectivity index (χ4v) is 1.76. The SMILES string of the molecule is CC(C)c1c(F)cnc2ccc(O)cc12. The summed E-state index contributed by atoms with van der Waals surface area (Å²) in [5.41, 5.74) is 1.31. The first-order chi connectivity index (χ1) is 7.09. The van der Waals surface area contributed by atoms with Gasteiger partial charge in [-0.25, -0.2) is 4.39 Å². The molecule has 0 bridgehead atoms. The number of hydrogen-bond acceptors (Lipinski definition) is 2. The molecule has 2 nitrogen and oxygen atoms in total. The van der Waals surface area contributed by atoms with Crippen LogP contribution in [0.5, 0.6) is 5.75 Å². The van der Waals surface area contributed by atoms with Crippen molar-refractivity contribution in [1.82, 2.24) is 4.98 Å². The van der Waals surface area contributed by atoms with Crippen LogP contribution in [0.15, 0.2) is 24.4 Å². The molecule has 0 radical (unpaired) electrons. The Morgan fingerprint density at radius 3 is 2.73 bits per heavy atom. The van der Waals surface area contributed by atoms with Crippen molar-refractivity contribution in [3.8, 4) is 5.75 Å². The number of aromatic hydroxyl groups is 1. The van der Waals surface area contributed by atoms with Gasteiger partial charge in [0.05, 0.1) is 11.7 Å². The van der Waals surface area contributed by atoms with Crippen molar-refractivity contribution in [3.63, 3.8) is 0 Å². The van der Waals surface area contributed by atoms with Crippen LogP contribution in [0.1, 0.15) is 25.3 Å². The molecule has 3 heteroatoms. The van der Waals surface area contributed by atoms with Crippen LogP contribution in [0.4, 0.5) is 4.39 Å². The lowest BCUT2D eigenvalue weighted by Crippen LogP contribution is -1.96. The predicted octanol–water partition coefficient (Wildman–Crippen LogP) is 3.20. The third kappa shape index (κ3) is 1.65. The Morgan fingerprint density at radius 1 is 1.33 bits per heavy atom. The molecule has 2 rings (SSSR count). The molecule has 15 heavy (non-hydrogen) atoms. The van der Waals surface area contributed by atoms with Crippen LogP contribution in [0.2, 0.25) is 0 Å². The van der Waals surface area contributed by atoms with E-state index in [1.165, 1.54) is 6.20 Å². The van der Waals surface area contributed by atoms with Crippen molar-refractivity contribution in [2.24, 2.45) is 0 Å². The van der Waals surface area contributed by atoms with E-state index in [4.69, 9.17) is 0 Å². The van der Waals surface area contributed by atoms with Gasteiger partial charge in [0.1, 0.15) is 11.6 Å². The van der Waals surface area contributed by atoms with Gasteiger partial charge in [-0.2, -0.15) is 0 Å². The molecule has 1 aromatic heterocycles. The van der Waals surface area contributed by atoms with E-state index in [1.54, 1.807) is 18.2 Å². The molecule has 1 aromatic carbocycles. The smallest absolute Gasteiger partial charge is 0.145 e. The first-order valence-electron chi connectivity index (χ1n) is 4.86. The number of benzene rings is 1. The summed E-state index contributed by atoms with van der Waals surface area (Å²) in [6.07, 6.45) is 1.23. The first kappa shape index (κ1) is 9.90. The molecular formula is C12H12FNO. The van der Waals surface area contributed by atoms with Gasteiger partial charge in [0.25, 0.3) is 0 Å². The van der Waals surface area contributed by atoms with Crippen molar-refractivity contribution >= 4 is 10.9 Å². The summed E-state index contributed by atoms with van der Waals surface area (Å²) >= 11 is 0. The van der Waals surface area contributed by atoms with Gasteiger partial charge < -0.3 is 5.11 Å². The zero-order chi connectivity index (χ0) is 11.0. The molecule has 0 saturated heterocycles. The summed E-state index contributed by atoms with van der Waals surface area (Å²) in [5.74, 6) is -0.114. The van der Waals surface area contributed by atoms with E-state index in [2.05, 4.69) is 4.98 Å². The topological polar surface area (TPSA) is 33.1 Å². The van der Waals surface area contributed by atoms with Gasteiger partial charge in [-0.3, -0.25) is 4.98 Å². The maximum atomic E-state index is 13.6. The Hall–Kier alpha value is -1.64. The van der Waals surface area contributed by atoms with E-state index in [9.17, 15) is 9.50 Å². The van der Waals surface area contributed by atoms with Crippen molar-refractivity contribution in [3.05, 3.63) is 35.8 Å². The Bertz CT molecular complexity index is 503. The summed E-state index contributed by atoms with van der Waals surface area (Å²) in [7, 11) is 0. The van der Waals surface area contributed by atoms with Gasteiger partial charge in [-0.05, 0) is 24.1 Å². The lowest BCUT2D eigenvalue weighted by Gasteiger charge is -2.10. The molecule has 0 aliphatic heterocycles. The van der Waals surface area contributed by atoms with E-state index >= 15 is 0 Å². The van der Waals surface area contributed by atoms with Gasteiger partial charge in [-0.1, -0.05) is 13.8 Å². The van der Waals surface area contributed by atoms with Crippen LogP contribution >= 0.6 is 0 Å². The second kappa shape index (κ2) is 3.50. The Morgan fingerprint density at radius 2 is 2.07 bits per heavy atom. The molecule has 0 amide bonds. The summed E-state index contributed by atoms with van der Waals surface area (Å²) in [6, 6.07) is 4.80. The highest BCUT2D eigenvalue weighted by Gasteiger charge is 2.12. The third-order valence-corrected chi connectivity index (χ3v) is 2.42. The number of aromatic nitrogens is 1. The van der Waals surface area contributed by atoms with Gasteiger partial charge in [0, 0.05) is 10.9 Å². The molecular weight excluding hydrogens is 193 g/mol. The van der Waals surface area contributed by atoms with Crippen LogP contribution in [0, 0.1) is 5.82 Å². The number of fused-ring (bicyclic) bond motifs is 1. The molecule has 0 spiro atoms. The van der Waals surface area contributed by atoms with Crippen LogP contribution in [0.3, 0.4) is 0 Å². The van der Waals surface area contributed by atoms with Crippen LogP contribution in [-0.4, -0.2) is 10.1 Å². The number of phenolic OH excluding ortho intramolecular Hbond substituents is 1. The highest BCUT2D eigenvalue weighted by molar-refractivity contribution is 5.84. The molecule has 0 saturated carbocycles. The summed E-state index contributed by atoms with van der Waals surface area (Å²) in [4.78, 5) is 3.98. The molecule has 0 aliphatic carbocycles. The average Bonchev–Trinajstić information content (AvgIpc) is 2.16. The molecule has 2 aromatic rings. The minimum atomic E-state index is -0.317. The molecule has 0 unspecified atom stereocenters. The van der Waals surface area contributed by atoms with E-state index in [1.807, 2.05) is 13.8 Å². The van der Waals surface area contributed by atoms with E-state index in [-0.39, 0.29) is 17.5 Å². The number of rotatable bonds is 1. The fraction of sp³-hybridized carbons (Fsp3) is 0.250. The first-order valence-corrected chi connectivity index (χ1v) is 4.86. The van der Waals surface area contributed by atoms with Crippen molar-refractivity contribution in [1.29, 1.82) is 0 Å². The Kier molecular flexibility index (Phi) is 2.31. The average molecular weight is 205 g/mol. The second-order valence-corrected chi connectivity index (χ2v) is 3.88. The Labute approximate surface area is 87.4 Å². The normalized spacial score (nSPS) is 11.2. The van der Waals surface area contributed by atoms with E-state index in [0.717, 1.165) is 0 Å². The van der Waals surface area contributed by atoms with Crippen LogP contribution < -0.4 is 0 Å². The van der Waals surface area contributed by atoms with Gasteiger partial charge in [-0.15, -0.1) is 0 Å². The van der Waals surface area contributed by atoms with Crippen molar-refractivity contribution in [2.75, 3.05) is 0 Å². The van der Waals surface area contributed by atoms with E-state index in [0.29, 0.717) is 16.5 Å². The summed E-state index contributed by atoms with van der Waals surface area (Å²) in [5, 5.41) is 10.1. The number of pyridine rings is 1. The minimum Gasteiger partial charge on any atom is -0.508 e.